The second kappa shape index (κ2) is 6.42. The van der Waals surface area contributed by atoms with Crippen molar-refractivity contribution in [3.63, 3.8) is 0 Å². The van der Waals surface area contributed by atoms with Crippen LogP contribution in [0, 0.1) is 5.41 Å². The van der Waals surface area contributed by atoms with Crippen LogP contribution in [0.15, 0.2) is 24.3 Å². The number of benzene rings is 1. The molecule has 0 aliphatic heterocycles. The van der Waals surface area contributed by atoms with Crippen molar-refractivity contribution in [1.82, 2.24) is 5.32 Å². The smallest absolute Gasteiger partial charge is 0.241 e. The summed E-state index contributed by atoms with van der Waals surface area (Å²) in [5.74, 6) is -0.0359. The number of halogens is 1. The summed E-state index contributed by atoms with van der Waals surface area (Å²) in [6, 6.07) is 8.54. The lowest BCUT2D eigenvalue weighted by atomic mass is 9.54. The molecule has 5 heteroatoms. The zero-order chi connectivity index (χ0) is 16.0. The molecule has 2 aliphatic carbocycles. The predicted octanol–water partition coefficient (Wildman–Crippen LogP) is 2.22. The van der Waals surface area contributed by atoms with E-state index in [0.29, 0.717) is 13.0 Å². The molecular weight excluding hydrogens is 312 g/mol. The van der Waals surface area contributed by atoms with Crippen LogP contribution in [0.5, 0.6) is 0 Å². The van der Waals surface area contributed by atoms with Crippen LogP contribution < -0.4 is 11.1 Å². The van der Waals surface area contributed by atoms with Crippen molar-refractivity contribution in [3.8, 4) is 0 Å². The molecule has 4 nitrogen and oxygen atoms in total. The van der Waals surface area contributed by atoms with E-state index in [2.05, 4.69) is 29.6 Å². The second-order valence-corrected chi connectivity index (χ2v) is 7.19. The lowest BCUT2D eigenvalue weighted by Crippen LogP contribution is -2.76. The van der Waals surface area contributed by atoms with Gasteiger partial charge < -0.3 is 15.8 Å². The summed E-state index contributed by atoms with van der Waals surface area (Å²) in [4.78, 5) is 12.7. The number of ether oxygens (including phenoxy) is 1. The van der Waals surface area contributed by atoms with Crippen LogP contribution in [0.1, 0.15) is 38.3 Å². The molecular formula is C18H27ClN2O2. The lowest BCUT2D eigenvalue weighted by molar-refractivity contribution is -0.171. The van der Waals surface area contributed by atoms with Crippen molar-refractivity contribution in [1.29, 1.82) is 0 Å². The molecule has 3 rings (SSSR count). The number of hydrogen-bond acceptors (Lipinski definition) is 3. The lowest BCUT2D eigenvalue weighted by Gasteiger charge is -2.57. The third kappa shape index (κ3) is 2.88. The van der Waals surface area contributed by atoms with Gasteiger partial charge in [-0.2, -0.15) is 0 Å². The van der Waals surface area contributed by atoms with Gasteiger partial charge in [-0.25, -0.2) is 0 Å². The Labute approximate surface area is 144 Å². The highest BCUT2D eigenvalue weighted by molar-refractivity contribution is 5.89. The SMILES string of the molecule is CCOC1CC(N)(C(=O)NC2Cc3ccccc3C2)C1(C)C.Cl. The maximum Gasteiger partial charge on any atom is 0.241 e. The maximum atomic E-state index is 12.7. The van der Waals surface area contributed by atoms with Crippen LogP contribution in [-0.2, 0) is 22.4 Å². The van der Waals surface area contributed by atoms with Crippen LogP contribution in [0.25, 0.3) is 0 Å². The van der Waals surface area contributed by atoms with Gasteiger partial charge in [-0.3, -0.25) is 4.79 Å². The summed E-state index contributed by atoms with van der Waals surface area (Å²) in [6.45, 7) is 6.69. The van der Waals surface area contributed by atoms with Crippen LogP contribution >= 0.6 is 12.4 Å². The van der Waals surface area contributed by atoms with E-state index in [9.17, 15) is 4.79 Å². The molecule has 0 bridgehead atoms. The minimum Gasteiger partial charge on any atom is -0.378 e. The van der Waals surface area contributed by atoms with Crippen molar-refractivity contribution in [2.45, 2.75) is 57.7 Å². The van der Waals surface area contributed by atoms with Crippen molar-refractivity contribution >= 4 is 18.3 Å². The van der Waals surface area contributed by atoms with Crippen LogP contribution in [0.2, 0.25) is 0 Å². The van der Waals surface area contributed by atoms with Gasteiger partial charge in [0.2, 0.25) is 5.91 Å². The topological polar surface area (TPSA) is 64.3 Å². The van der Waals surface area contributed by atoms with Gasteiger partial charge in [-0.15, -0.1) is 12.4 Å². The molecule has 0 heterocycles. The van der Waals surface area contributed by atoms with Gasteiger partial charge in [-0.05, 0) is 30.9 Å². The zero-order valence-corrected chi connectivity index (χ0v) is 14.9. The third-order valence-corrected chi connectivity index (χ3v) is 5.62. The first kappa shape index (κ1) is 18.2. The van der Waals surface area contributed by atoms with Gasteiger partial charge in [0, 0.05) is 24.5 Å². The average molecular weight is 339 g/mol. The van der Waals surface area contributed by atoms with Gasteiger partial charge >= 0.3 is 0 Å². The molecule has 3 N–H and O–H groups in total. The molecule has 23 heavy (non-hydrogen) atoms. The van der Waals surface area contributed by atoms with Crippen molar-refractivity contribution in [2.75, 3.05) is 6.61 Å². The number of amides is 1. The molecule has 2 atom stereocenters. The highest BCUT2D eigenvalue weighted by Gasteiger charge is 2.63. The highest BCUT2D eigenvalue weighted by Crippen LogP contribution is 2.50. The fourth-order valence-corrected chi connectivity index (χ4v) is 3.80. The van der Waals surface area contributed by atoms with E-state index in [0.717, 1.165) is 12.8 Å². The van der Waals surface area contributed by atoms with E-state index in [1.807, 2.05) is 20.8 Å². The number of nitrogens with two attached hydrogens (primary N) is 1. The number of carbonyl (C=O) groups is 1. The Balaban J connectivity index is 0.00000192. The molecule has 128 valence electrons. The van der Waals surface area contributed by atoms with Crippen LogP contribution in [0.4, 0.5) is 0 Å². The van der Waals surface area contributed by atoms with Gasteiger partial charge in [0.25, 0.3) is 0 Å². The molecule has 1 aromatic rings. The molecule has 2 unspecified atom stereocenters. The molecule has 1 fully saturated rings. The van der Waals surface area contributed by atoms with Crippen molar-refractivity contribution in [2.24, 2.45) is 11.1 Å². The molecule has 0 spiro atoms. The molecule has 2 aliphatic rings. The van der Waals surface area contributed by atoms with Gasteiger partial charge in [-0.1, -0.05) is 38.1 Å². The Bertz CT molecular complexity index is 565. The van der Waals surface area contributed by atoms with E-state index in [-0.39, 0.29) is 35.9 Å². The molecule has 1 aromatic carbocycles. The maximum absolute atomic E-state index is 12.7. The number of carbonyl (C=O) groups excluding carboxylic acids is 1. The minimum atomic E-state index is -0.832. The van der Waals surface area contributed by atoms with Crippen LogP contribution in [-0.4, -0.2) is 30.2 Å². The van der Waals surface area contributed by atoms with Crippen LogP contribution in [0.3, 0.4) is 0 Å². The summed E-state index contributed by atoms with van der Waals surface area (Å²) in [5.41, 5.74) is 7.93. The second-order valence-electron chi connectivity index (χ2n) is 7.19. The standard InChI is InChI=1S/C18H26N2O2.ClH/c1-4-22-15-11-18(19,17(15,2)3)16(21)20-14-9-12-7-5-6-8-13(12)10-14;/h5-8,14-15H,4,9-11,19H2,1-3H3,(H,20,21);1H. The summed E-state index contributed by atoms with van der Waals surface area (Å²) < 4.78 is 5.70. The van der Waals surface area contributed by atoms with E-state index in [1.165, 1.54) is 11.1 Å². The number of fused-ring (bicyclic) bond motifs is 1. The van der Waals surface area contributed by atoms with Gasteiger partial charge in [0.1, 0.15) is 5.54 Å². The molecule has 0 saturated heterocycles. The Morgan fingerprint density at radius 2 is 1.87 bits per heavy atom. The quantitative estimate of drug-likeness (QED) is 0.884. The first-order valence-corrected chi connectivity index (χ1v) is 8.16. The number of rotatable bonds is 4. The predicted molar refractivity (Wildman–Crippen MR) is 93.8 cm³/mol. The van der Waals surface area contributed by atoms with E-state index in [4.69, 9.17) is 10.5 Å². The Morgan fingerprint density at radius 1 is 1.30 bits per heavy atom. The first-order chi connectivity index (χ1) is 10.4. The fourth-order valence-electron chi connectivity index (χ4n) is 3.80. The normalized spacial score (nSPS) is 28.4. The van der Waals surface area contributed by atoms with Crippen molar-refractivity contribution < 1.29 is 9.53 Å². The average Bonchev–Trinajstić information content (AvgIpc) is 2.88. The number of nitrogens with one attached hydrogen (secondary N) is 1. The molecule has 0 radical (unpaired) electrons. The number of hydrogen-bond donors (Lipinski definition) is 2. The Kier molecular flexibility index (Phi) is 5.09. The summed E-state index contributed by atoms with van der Waals surface area (Å²) in [7, 11) is 0. The largest absolute Gasteiger partial charge is 0.378 e. The third-order valence-electron chi connectivity index (χ3n) is 5.62. The van der Waals surface area contributed by atoms with Gasteiger partial charge in [0.15, 0.2) is 0 Å². The highest BCUT2D eigenvalue weighted by atomic mass is 35.5. The first-order valence-electron chi connectivity index (χ1n) is 8.16. The minimum absolute atomic E-state index is 0. The van der Waals surface area contributed by atoms with Crippen molar-refractivity contribution in [3.05, 3.63) is 35.4 Å². The molecule has 1 saturated carbocycles. The van der Waals surface area contributed by atoms with Gasteiger partial charge in [0.05, 0.1) is 6.10 Å². The summed E-state index contributed by atoms with van der Waals surface area (Å²) >= 11 is 0. The molecule has 1 amide bonds. The molecule has 0 aromatic heterocycles. The zero-order valence-electron chi connectivity index (χ0n) is 14.1. The monoisotopic (exact) mass is 338 g/mol. The Morgan fingerprint density at radius 3 is 2.35 bits per heavy atom. The fraction of sp³-hybridized carbons (Fsp3) is 0.611. The van der Waals surface area contributed by atoms with E-state index < -0.39 is 5.54 Å². The summed E-state index contributed by atoms with van der Waals surface area (Å²) in [5, 5.41) is 3.17. The Hall–Kier alpha value is -1.10. The van der Waals surface area contributed by atoms with E-state index in [1.54, 1.807) is 0 Å². The van der Waals surface area contributed by atoms with E-state index >= 15 is 0 Å². The summed E-state index contributed by atoms with van der Waals surface area (Å²) in [6.07, 6.45) is 2.45.